The van der Waals surface area contributed by atoms with Gasteiger partial charge in [-0.3, -0.25) is 0 Å². The number of nitrogens with zero attached hydrogens (tertiary/aromatic N) is 2. The van der Waals surface area contributed by atoms with Crippen molar-refractivity contribution < 1.29 is 4.74 Å². The lowest BCUT2D eigenvalue weighted by atomic mass is 10.1. The molecule has 0 aliphatic heterocycles. The second kappa shape index (κ2) is 5.66. The van der Waals surface area contributed by atoms with E-state index in [0.29, 0.717) is 5.95 Å². The minimum atomic E-state index is 0.629. The molecule has 0 aliphatic carbocycles. The SMILES string of the molecule is COc1ccc(/C(C)=N\Nc2nc3ccccc3[nH]2)cc1. The predicted molar refractivity (Wildman–Crippen MR) is 84.9 cm³/mol. The zero-order valence-electron chi connectivity index (χ0n) is 11.9. The van der Waals surface area contributed by atoms with Crippen LogP contribution in [0.2, 0.25) is 0 Å². The van der Waals surface area contributed by atoms with Gasteiger partial charge in [0.25, 0.3) is 0 Å². The molecule has 0 spiro atoms. The number of fused-ring (bicyclic) bond motifs is 1. The molecule has 1 heterocycles. The van der Waals surface area contributed by atoms with Gasteiger partial charge in [0.2, 0.25) is 5.95 Å². The van der Waals surface area contributed by atoms with E-state index in [1.165, 1.54) is 0 Å². The molecular formula is C16H16N4O. The maximum atomic E-state index is 5.14. The van der Waals surface area contributed by atoms with Crippen molar-refractivity contribution in [2.75, 3.05) is 12.5 Å². The van der Waals surface area contributed by atoms with E-state index >= 15 is 0 Å². The van der Waals surface area contributed by atoms with Gasteiger partial charge < -0.3 is 9.72 Å². The Balaban J connectivity index is 1.77. The quantitative estimate of drug-likeness (QED) is 0.568. The van der Waals surface area contributed by atoms with E-state index in [2.05, 4.69) is 20.5 Å². The first-order valence-corrected chi connectivity index (χ1v) is 6.66. The number of ether oxygens (including phenoxy) is 1. The maximum absolute atomic E-state index is 5.14. The van der Waals surface area contributed by atoms with Gasteiger partial charge in [-0.25, -0.2) is 10.4 Å². The van der Waals surface area contributed by atoms with Crippen molar-refractivity contribution in [3.8, 4) is 5.75 Å². The Hall–Kier alpha value is -2.82. The molecule has 0 bridgehead atoms. The molecule has 21 heavy (non-hydrogen) atoms. The molecule has 5 heteroatoms. The van der Waals surface area contributed by atoms with Crippen LogP contribution < -0.4 is 10.2 Å². The fourth-order valence-electron chi connectivity index (χ4n) is 2.04. The Morgan fingerprint density at radius 2 is 1.90 bits per heavy atom. The maximum Gasteiger partial charge on any atom is 0.222 e. The van der Waals surface area contributed by atoms with Crippen LogP contribution in [-0.4, -0.2) is 22.8 Å². The largest absolute Gasteiger partial charge is 0.497 e. The zero-order valence-corrected chi connectivity index (χ0v) is 11.9. The summed E-state index contributed by atoms with van der Waals surface area (Å²) in [6, 6.07) is 15.6. The minimum Gasteiger partial charge on any atom is -0.497 e. The molecule has 5 nitrogen and oxygen atoms in total. The third-order valence-corrected chi connectivity index (χ3v) is 3.23. The highest BCUT2D eigenvalue weighted by molar-refractivity contribution is 5.99. The summed E-state index contributed by atoms with van der Waals surface area (Å²) < 4.78 is 5.14. The van der Waals surface area contributed by atoms with E-state index in [9.17, 15) is 0 Å². The molecular weight excluding hydrogens is 264 g/mol. The lowest BCUT2D eigenvalue weighted by Gasteiger charge is -2.03. The summed E-state index contributed by atoms with van der Waals surface area (Å²) in [5.74, 6) is 1.46. The summed E-state index contributed by atoms with van der Waals surface area (Å²) in [6.07, 6.45) is 0. The summed E-state index contributed by atoms with van der Waals surface area (Å²) >= 11 is 0. The third kappa shape index (κ3) is 2.86. The van der Waals surface area contributed by atoms with Gasteiger partial charge in [0.15, 0.2) is 0 Å². The van der Waals surface area contributed by atoms with Crippen LogP contribution >= 0.6 is 0 Å². The van der Waals surface area contributed by atoms with Gasteiger partial charge in [0.05, 0.1) is 23.9 Å². The van der Waals surface area contributed by atoms with E-state index in [-0.39, 0.29) is 0 Å². The number of rotatable bonds is 4. The molecule has 0 fully saturated rings. The minimum absolute atomic E-state index is 0.629. The summed E-state index contributed by atoms with van der Waals surface area (Å²) in [7, 11) is 1.65. The number of aromatic nitrogens is 2. The first-order valence-electron chi connectivity index (χ1n) is 6.66. The van der Waals surface area contributed by atoms with Gasteiger partial charge >= 0.3 is 0 Å². The van der Waals surface area contributed by atoms with Gasteiger partial charge in [-0.2, -0.15) is 5.10 Å². The monoisotopic (exact) mass is 280 g/mol. The van der Waals surface area contributed by atoms with E-state index in [4.69, 9.17) is 4.74 Å². The Kier molecular flexibility index (Phi) is 3.55. The topological polar surface area (TPSA) is 62.3 Å². The first-order chi connectivity index (χ1) is 10.3. The molecule has 3 aromatic rings. The lowest BCUT2D eigenvalue weighted by Crippen LogP contribution is -2.00. The Morgan fingerprint density at radius 1 is 1.14 bits per heavy atom. The summed E-state index contributed by atoms with van der Waals surface area (Å²) in [4.78, 5) is 7.58. The summed E-state index contributed by atoms with van der Waals surface area (Å²) in [6.45, 7) is 1.94. The van der Waals surface area contributed by atoms with Gasteiger partial charge in [-0.05, 0) is 48.9 Å². The van der Waals surface area contributed by atoms with Crippen molar-refractivity contribution in [3.63, 3.8) is 0 Å². The fraction of sp³-hybridized carbons (Fsp3) is 0.125. The smallest absolute Gasteiger partial charge is 0.222 e. The number of imidazole rings is 1. The molecule has 0 aliphatic rings. The molecule has 0 radical (unpaired) electrons. The summed E-state index contributed by atoms with van der Waals surface area (Å²) in [5, 5.41) is 4.35. The van der Waals surface area contributed by atoms with Gasteiger partial charge in [-0.15, -0.1) is 0 Å². The molecule has 0 saturated carbocycles. The van der Waals surface area contributed by atoms with Crippen molar-refractivity contribution in [3.05, 3.63) is 54.1 Å². The number of hydrazone groups is 1. The number of H-pyrrole nitrogens is 1. The van der Waals surface area contributed by atoms with E-state index < -0.39 is 0 Å². The number of nitrogens with one attached hydrogen (secondary N) is 2. The number of para-hydroxylation sites is 2. The lowest BCUT2D eigenvalue weighted by molar-refractivity contribution is 0.415. The van der Waals surface area contributed by atoms with Crippen LogP contribution in [0.3, 0.4) is 0 Å². The molecule has 2 N–H and O–H groups in total. The van der Waals surface area contributed by atoms with Crippen LogP contribution in [0.5, 0.6) is 5.75 Å². The zero-order chi connectivity index (χ0) is 14.7. The standard InChI is InChI=1S/C16H16N4O/c1-11(12-7-9-13(21-2)10-8-12)19-20-16-17-14-5-3-4-6-15(14)18-16/h3-10H,1-2H3,(H2,17,18,20)/b19-11-. The van der Waals surface area contributed by atoms with Gasteiger partial charge in [-0.1, -0.05) is 12.1 Å². The average Bonchev–Trinajstić information content (AvgIpc) is 2.95. The van der Waals surface area contributed by atoms with Crippen LogP contribution in [0.25, 0.3) is 11.0 Å². The Bertz CT molecular complexity index is 741. The molecule has 0 saturated heterocycles. The first kappa shape index (κ1) is 13.2. The van der Waals surface area contributed by atoms with Crippen LogP contribution in [0, 0.1) is 0 Å². The molecule has 1 aromatic heterocycles. The van der Waals surface area contributed by atoms with E-state index in [1.54, 1.807) is 7.11 Å². The van der Waals surface area contributed by atoms with Gasteiger partial charge in [0, 0.05) is 0 Å². The van der Waals surface area contributed by atoms with Crippen molar-refractivity contribution in [2.24, 2.45) is 5.10 Å². The normalized spacial score (nSPS) is 11.6. The second-order valence-corrected chi connectivity index (χ2v) is 4.64. The number of hydrogen-bond donors (Lipinski definition) is 2. The van der Waals surface area contributed by atoms with Crippen molar-refractivity contribution >= 4 is 22.7 Å². The highest BCUT2D eigenvalue weighted by atomic mass is 16.5. The highest BCUT2D eigenvalue weighted by Gasteiger charge is 2.01. The predicted octanol–water partition coefficient (Wildman–Crippen LogP) is 3.41. The van der Waals surface area contributed by atoms with E-state index in [0.717, 1.165) is 28.1 Å². The van der Waals surface area contributed by atoms with Crippen LogP contribution in [0.15, 0.2) is 53.6 Å². The van der Waals surface area contributed by atoms with E-state index in [1.807, 2.05) is 55.5 Å². The summed E-state index contributed by atoms with van der Waals surface area (Å²) in [5.41, 5.74) is 6.75. The highest BCUT2D eigenvalue weighted by Crippen LogP contribution is 2.14. The molecule has 0 atom stereocenters. The fourth-order valence-corrected chi connectivity index (χ4v) is 2.04. The second-order valence-electron chi connectivity index (χ2n) is 4.64. The molecule has 0 amide bonds. The third-order valence-electron chi connectivity index (χ3n) is 3.23. The molecule has 0 unspecified atom stereocenters. The number of hydrogen-bond acceptors (Lipinski definition) is 4. The molecule has 106 valence electrons. The average molecular weight is 280 g/mol. The molecule has 3 rings (SSSR count). The number of methoxy groups -OCH3 is 1. The molecule has 2 aromatic carbocycles. The number of anilines is 1. The van der Waals surface area contributed by atoms with Crippen LogP contribution in [0.1, 0.15) is 12.5 Å². The van der Waals surface area contributed by atoms with Crippen molar-refractivity contribution in [1.82, 2.24) is 9.97 Å². The van der Waals surface area contributed by atoms with Crippen LogP contribution in [-0.2, 0) is 0 Å². The Morgan fingerprint density at radius 3 is 2.62 bits per heavy atom. The number of benzene rings is 2. The van der Waals surface area contributed by atoms with Crippen molar-refractivity contribution in [2.45, 2.75) is 6.92 Å². The van der Waals surface area contributed by atoms with Gasteiger partial charge in [0.1, 0.15) is 5.75 Å². The van der Waals surface area contributed by atoms with Crippen LogP contribution in [0.4, 0.5) is 5.95 Å². The number of aromatic amines is 1. The Labute approximate surface area is 122 Å². The van der Waals surface area contributed by atoms with Crippen molar-refractivity contribution in [1.29, 1.82) is 0 Å².